The van der Waals surface area contributed by atoms with E-state index in [1.165, 1.54) is 0 Å². The molecule has 1 aromatic carbocycles. The molecule has 1 aromatic heterocycles. The van der Waals surface area contributed by atoms with Crippen LogP contribution in [0.1, 0.15) is 0 Å². The van der Waals surface area contributed by atoms with Crippen LogP contribution >= 0.6 is 34.2 Å². The lowest BCUT2D eigenvalue weighted by Gasteiger charge is -2.13. The average molecular weight is 393 g/mol. The number of carbonyl (C=O) groups is 1. The second-order valence-corrected chi connectivity index (χ2v) is 5.39. The van der Waals surface area contributed by atoms with E-state index in [-0.39, 0.29) is 6.61 Å². The maximum Gasteiger partial charge on any atom is 0.324 e. The van der Waals surface area contributed by atoms with Crippen LogP contribution in [0.4, 0.5) is 0 Å². The number of benzene rings is 1. The first-order valence-corrected chi connectivity index (χ1v) is 6.80. The molecular weight excluding hydrogens is 383 g/mol. The van der Waals surface area contributed by atoms with E-state index in [4.69, 9.17) is 27.2 Å². The number of carboxylic acid groups (broad SMARTS) is 1. The lowest BCUT2D eigenvalue weighted by Crippen LogP contribution is -2.36. The van der Waals surface area contributed by atoms with Gasteiger partial charge in [0, 0.05) is 11.6 Å². The highest BCUT2D eigenvalue weighted by Gasteiger charge is 2.16. The Morgan fingerprint density at radius 1 is 1.63 bits per heavy atom. The lowest BCUT2D eigenvalue weighted by atomic mass is 10.2. The number of hydrogen-bond acceptors (Lipinski definition) is 4. The number of fused-ring (bicyclic) bond motifs is 1. The molecule has 0 aliphatic rings. The van der Waals surface area contributed by atoms with Crippen LogP contribution in [0.15, 0.2) is 24.4 Å². The SMILES string of the molecule is NC(COc1c(I)cc(Cl)c2cccnc12)C(=O)O. The van der Waals surface area contributed by atoms with E-state index >= 15 is 0 Å². The number of carboxylic acids is 1. The molecule has 7 heteroatoms. The van der Waals surface area contributed by atoms with Crippen molar-refractivity contribution in [3.63, 3.8) is 0 Å². The van der Waals surface area contributed by atoms with E-state index in [1.807, 2.05) is 6.07 Å². The standard InChI is InChI=1S/C12H10ClIN2O3/c13-7-4-8(14)11(19-5-9(15)12(17)18)10-6(7)2-1-3-16-10/h1-4,9H,5,15H2,(H,17,18). The van der Waals surface area contributed by atoms with E-state index in [9.17, 15) is 4.79 Å². The summed E-state index contributed by atoms with van der Waals surface area (Å²) >= 11 is 8.19. The number of aliphatic carboxylic acids is 1. The summed E-state index contributed by atoms with van der Waals surface area (Å²) in [6, 6.07) is 4.26. The van der Waals surface area contributed by atoms with Gasteiger partial charge in [-0.25, -0.2) is 0 Å². The van der Waals surface area contributed by atoms with Crippen molar-refractivity contribution in [1.82, 2.24) is 4.98 Å². The molecule has 0 saturated heterocycles. The number of ether oxygens (including phenoxy) is 1. The zero-order chi connectivity index (χ0) is 14.0. The summed E-state index contributed by atoms with van der Waals surface area (Å²) in [5.41, 5.74) is 6.01. The van der Waals surface area contributed by atoms with Gasteiger partial charge in [-0.15, -0.1) is 0 Å². The normalized spacial score (nSPS) is 12.4. The van der Waals surface area contributed by atoms with Crippen molar-refractivity contribution in [1.29, 1.82) is 0 Å². The number of pyridine rings is 1. The molecule has 0 amide bonds. The molecule has 1 atom stereocenters. The van der Waals surface area contributed by atoms with Crippen molar-refractivity contribution in [2.75, 3.05) is 6.61 Å². The fourth-order valence-corrected chi connectivity index (χ4v) is 2.70. The molecule has 2 aromatic rings. The Labute approximate surface area is 127 Å². The van der Waals surface area contributed by atoms with Gasteiger partial charge in [0.25, 0.3) is 0 Å². The Hall–Kier alpha value is -1.12. The molecular formula is C12H10ClIN2O3. The molecule has 0 spiro atoms. The topological polar surface area (TPSA) is 85.4 Å². The molecule has 1 unspecified atom stereocenters. The van der Waals surface area contributed by atoms with E-state index in [1.54, 1.807) is 18.3 Å². The summed E-state index contributed by atoms with van der Waals surface area (Å²) in [5, 5.41) is 10.1. The van der Waals surface area contributed by atoms with Gasteiger partial charge < -0.3 is 15.6 Å². The van der Waals surface area contributed by atoms with Gasteiger partial charge in [-0.1, -0.05) is 11.6 Å². The fourth-order valence-electron chi connectivity index (χ4n) is 1.53. The number of nitrogens with two attached hydrogens (primary N) is 1. The van der Waals surface area contributed by atoms with Crippen LogP contribution in [0.5, 0.6) is 5.75 Å². The van der Waals surface area contributed by atoms with Crippen LogP contribution in [0.25, 0.3) is 10.9 Å². The molecule has 0 saturated carbocycles. The fraction of sp³-hybridized carbons (Fsp3) is 0.167. The molecule has 0 bridgehead atoms. The number of nitrogens with zero attached hydrogens (tertiary/aromatic N) is 1. The molecule has 0 radical (unpaired) electrons. The summed E-state index contributed by atoms with van der Waals surface area (Å²) in [7, 11) is 0. The molecule has 19 heavy (non-hydrogen) atoms. The largest absolute Gasteiger partial charge is 0.488 e. The zero-order valence-corrected chi connectivity index (χ0v) is 12.6. The maximum atomic E-state index is 10.7. The van der Waals surface area contributed by atoms with Crippen molar-refractivity contribution in [2.45, 2.75) is 6.04 Å². The van der Waals surface area contributed by atoms with E-state index in [0.29, 0.717) is 16.3 Å². The van der Waals surface area contributed by atoms with Crippen LogP contribution in [0.3, 0.4) is 0 Å². The van der Waals surface area contributed by atoms with Crippen molar-refractivity contribution >= 4 is 51.1 Å². The van der Waals surface area contributed by atoms with Gasteiger partial charge >= 0.3 is 5.97 Å². The predicted octanol–water partition coefficient (Wildman–Crippen LogP) is 2.28. The second-order valence-electron chi connectivity index (χ2n) is 3.82. The van der Waals surface area contributed by atoms with Crippen LogP contribution in [0, 0.1) is 3.57 Å². The number of rotatable bonds is 4. The molecule has 1 heterocycles. The Kier molecular flexibility index (Phi) is 4.43. The summed E-state index contributed by atoms with van der Waals surface area (Å²) < 4.78 is 6.25. The average Bonchev–Trinajstić information content (AvgIpc) is 2.38. The molecule has 100 valence electrons. The van der Waals surface area contributed by atoms with E-state index in [2.05, 4.69) is 27.6 Å². The molecule has 5 nitrogen and oxygen atoms in total. The minimum absolute atomic E-state index is 0.126. The second kappa shape index (κ2) is 5.89. The monoisotopic (exact) mass is 392 g/mol. The Bertz CT molecular complexity index is 636. The van der Waals surface area contributed by atoms with E-state index in [0.717, 1.165) is 8.96 Å². The van der Waals surface area contributed by atoms with Crippen molar-refractivity contribution in [2.24, 2.45) is 5.73 Å². The van der Waals surface area contributed by atoms with Gasteiger partial charge in [0.05, 0.1) is 8.59 Å². The highest BCUT2D eigenvalue weighted by atomic mass is 127. The molecule has 0 fully saturated rings. The van der Waals surface area contributed by atoms with Crippen molar-refractivity contribution in [3.05, 3.63) is 33.0 Å². The van der Waals surface area contributed by atoms with Crippen LogP contribution < -0.4 is 10.5 Å². The third kappa shape index (κ3) is 3.07. The van der Waals surface area contributed by atoms with Gasteiger partial charge in [0.1, 0.15) is 18.2 Å². The maximum absolute atomic E-state index is 10.7. The minimum atomic E-state index is -1.11. The quantitative estimate of drug-likeness (QED) is 0.780. The number of halogens is 2. The van der Waals surface area contributed by atoms with E-state index < -0.39 is 12.0 Å². The third-order valence-electron chi connectivity index (χ3n) is 2.47. The highest BCUT2D eigenvalue weighted by Crippen LogP contribution is 2.34. The number of aromatic nitrogens is 1. The molecule has 0 aliphatic carbocycles. The first-order valence-electron chi connectivity index (χ1n) is 5.34. The molecule has 0 aliphatic heterocycles. The predicted molar refractivity (Wildman–Crippen MR) is 80.6 cm³/mol. The van der Waals surface area contributed by atoms with Crippen LogP contribution in [-0.2, 0) is 4.79 Å². The zero-order valence-electron chi connectivity index (χ0n) is 9.64. The minimum Gasteiger partial charge on any atom is -0.488 e. The van der Waals surface area contributed by atoms with Crippen LogP contribution in [-0.4, -0.2) is 28.7 Å². The highest BCUT2D eigenvalue weighted by molar-refractivity contribution is 14.1. The first kappa shape index (κ1) is 14.3. The van der Waals surface area contributed by atoms with Gasteiger partial charge in [-0.05, 0) is 40.8 Å². The Morgan fingerprint density at radius 3 is 3.05 bits per heavy atom. The van der Waals surface area contributed by atoms with Crippen LogP contribution in [0.2, 0.25) is 5.02 Å². The van der Waals surface area contributed by atoms with Gasteiger partial charge in [0.2, 0.25) is 0 Å². The summed E-state index contributed by atoms with van der Waals surface area (Å²) in [6.45, 7) is -0.126. The first-order chi connectivity index (χ1) is 9.00. The van der Waals surface area contributed by atoms with Crippen molar-refractivity contribution < 1.29 is 14.6 Å². The van der Waals surface area contributed by atoms with Gasteiger partial charge in [-0.3, -0.25) is 9.78 Å². The number of hydrogen-bond donors (Lipinski definition) is 2. The molecule has 3 N–H and O–H groups in total. The van der Waals surface area contributed by atoms with Gasteiger partial charge in [0.15, 0.2) is 5.75 Å². The summed E-state index contributed by atoms with van der Waals surface area (Å²) in [5.74, 6) is -0.612. The Balaban J connectivity index is 2.40. The summed E-state index contributed by atoms with van der Waals surface area (Å²) in [4.78, 5) is 14.9. The van der Waals surface area contributed by atoms with Crippen molar-refractivity contribution in [3.8, 4) is 5.75 Å². The van der Waals surface area contributed by atoms with Gasteiger partial charge in [-0.2, -0.15) is 0 Å². The third-order valence-corrected chi connectivity index (χ3v) is 3.59. The Morgan fingerprint density at radius 2 is 2.37 bits per heavy atom. The lowest BCUT2D eigenvalue weighted by molar-refractivity contribution is -0.139. The summed E-state index contributed by atoms with van der Waals surface area (Å²) in [6.07, 6.45) is 1.62. The molecule has 2 rings (SSSR count). The smallest absolute Gasteiger partial charge is 0.324 e.